The number of hydrogen-bond donors (Lipinski definition) is 2. The van der Waals surface area contributed by atoms with Gasteiger partial charge in [0.15, 0.2) is 11.6 Å². The first-order valence-corrected chi connectivity index (χ1v) is 15.1. The molecular weight excluding hydrogens is 574 g/mol. The van der Waals surface area contributed by atoms with Gasteiger partial charge in [0, 0.05) is 18.0 Å². The second-order valence-corrected chi connectivity index (χ2v) is 12.2. The molecule has 1 saturated heterocycles. The first-order valence-electron chi connectivity index (χ1n) is 15.1. The number of aliphatic carboxylic acids is 1. The van der Waals surface area contributed by atoms with Crippen LogP contribution in [0.15, 0.2) is 94.9 Å². The number of carboxylic acid groups (broad SMARTS) is 1. The number of aliphatic hydroxyl groups is 1. The third-order valence-corrected chi connectivity index (χ3v) is 10.1. The number of ketones is 2. The summed E-state index contributed by atoms with van der Waals surface area (Å²) < 4.78 is 6.15. The van der Waals surface area contributed by atoms with E-state index in [-0.39, 0.29) is 44.0 Å². The minimum atomic E-state index is -1.41. The standard InChI is InChI=1S/C36H31NO8/c38-19-22-11-14-28(45-22)32-23-12-13-24-31(35(44)37(34(24)43)16-15-30(40)41)26(23)17-27-33(42)25(20-7-3-1-4-8-20)18-29(39)36(27,32)21-9-5-2-6-10-21/h1-12,14,18,24,26-27,31-32,38H,13,15-17,19H2,(H,40,41). The number of nitrogens with zero attached hydrogens (tertiary/aromatic N) is 1. The van der Waals surface area contributed by atoms with Crippen LogP contribution in [0.3, 0.4) is 0 Å². The van der Waals surface area contributed by atoms with Crippen molar-refractivity contribution in [3.8, 4) is 0 Å². The van der Waals surface area contributed by atoms with Crippen molar-refractivity contribution in [1.82, 2.24) is 4.90 Å². The number of benzene rings is 2. The first kappa shape index (κ1) is 28.9. The average Bonchev–Trinajstić information content (AvgIpc) is 3.63. The molecule has 1 aliphatic heterocycles. The lowest BCUT2D eigenvalue weighted by molar-refractivity contribution is -0.142. The number of rotatable bonds is 7. The molecule has 1 aromatic heterocycles. The fourth-order valence-corrected chi connectivity index (χ4v) is 8.31. The maximum absolute atomic E-state index is 14.8. The van der Waals surface area contributed by atoms with Gasteiger partial charge in [-0.1, -0.05) is 72.3 Å². The smallest absolute Gasteiger partial charge is 0.305 e. The summed E-state index contributed by atoms with van der Waals surface area (Å²) in [6.45, 7) is -0.586. The number of carbonyl (C=O) groups excluding carboxylic acids is 4. The molecule has 1 saturated carbocycles. The zero-order chi connectivity index (χ0) is 31.5. The number of furan rings is 1. The molecule has 0 bridgehead atoms. The Labute approximate surface area is 258 Å². The lowest BCUT2D eigenvalue weighted by atomic mass is 9.45. The molecule has 9 heteroatoms. The number of carboxylic acids is 1. The molecule has 6 unspecified atom stereocenters. The third kappa shape index (κ3) is 4.29. The van der Waals surface area contributed by atoms with E-state index in [1.807, 2.05) is 42.5 Å². The molecule has 0 radical (unpaired) electrons. The summed E-state index contributed by atoms with van der Waals surface area (Å²) in [5, 5.41) is 19.1. The van der Waals surface area contributed by atoms with E-state index >= 15 is 0 Å². The van der Waals surface area contributed by atoms with E-state index in [2.05, 4.69) is 0 Å². The van der Waals surface area contributed by atoms with Gasteiger partial charge in [-0.05, 0) is 48.1 Å². The summed E-state index contributed by atoms with van der Waals surface area (Å²) in [5.74, 6) is -5.55. The highest BCUT2D eigenvalue weighted by atomic mass is 16.4. The zero-order valence-electron chi connectivity index (χ0n) is 24.3. The Balaban J connectivity index is 1.45. The molecule has 2 aromatic carbocycles. The molecular formula is C36H31NO8. The molecule has 4 aliphatic rings. The number of imide groups is 1. The molecule has 2 N–H and O–H groups in total. The van der Waals surface area contributed by atoms with Crippen molar-refractivity contribution < 1.29 is 38.6 Å². The second kappa shape index (κ2) is 10.9. The Bertz CT molecular complexity index is 1790. The van der Waals surface area contributed by atoms with E-state index in [0.717, 1.165) is 10.5 Å². The number of Topliss-reactive ketones (excluding diaryl/α,β-unsaturated/α-hetero) is 1. The first-order chi connectivity index (χ1) is 21.8. The van der Waals surface area contributed by atoms with Gasteiger partial charge in [-0.15, -0.1) is 0 Å². The van der Waals surface area contributed by atoms with Crippen LogP contribution in [0.4, 0.5) is 0 Å². The summed E-state index contributed by atoms with van der Waals surface area (Å²) in [6, 6.07) is 21.5. The Morgan fingerprint density at radius 3 is 2.29 bits per heavy atom. The number of amides is 2. The fourth-order valence-electron chi connectivity index (χ4n) is 8.31. The van der Waals surface area contributed by atoms with Crippen molar-refractivity contribution in [3.05, 3.63) is 113 Å². The van der Waals surface area contributed by atoms with Crippen molar-refractivity contribution in [2.24, 2.45) is 23.7 Å². The van der Waals surface area contributed by atoms with Crippen LogP contribution in [-0.2, 0) is 36.0 Å². The molecule has 6 atom stereocenters. The predicted molar refractivity (Wildman–Crippen MR) is 160 cm³/mol. The van der Waals surface area contributed by atoms with Gasteiger partial charge in [0.05, 0.1) is 29.6 Å². The molecule has 3 aliphatic carbocycles. The number of hydrogen-bond acceptors (Lipinski definition) is 7. The SMILES string of the molecule is O=C(O)CCN1C(=O)C2CC=C3C(CC4C(=O)C(c5ccccc5)=CC(=O)C4(c4ccccc4)C3c3ccc(CO)o3)C2C1=O. The molecule has 2 amide bonds. The maximum Gasteiger partial charge on any atom is 0.305 e. The summed E-state index contributed by atoms with van der Waals surface area (Å²) in [6.07, 6.45) is 3.37. The highest BCUT2D eigenvalue weighted by Gasteiger charge is 2.66. The van der Waals surface area contributed by atoms with E-state index in [9.17, 15) is 34.2 Å². The van der Waals surface area contributed by atoms with Crippen molar-refractivity contribution in [2.45, 2.75) is 37.2 Å². The van der Waals surface area contributed by atoms with Crippen LogP contribution in [0.2, 0.25) is 0 Å². The van der Waals surface area contributed by atoms with Gasteiger partial charge in [-0.25, -0.2) is 0 Å². The van der Waals surface area contributed by atoms with Gasteiger partial charge >= 0.3 is 5.97 Å². The fraction of sp³-hybridized carbons (Fsp3) is 0.306. The largest absolute Gasteiger partial charge is 0.481 e. The minimum Gasteiger partial charge on any atom is -0.481 e. The van der Waals surface area contributed by atoms with E-state index in [1.165, 1.54) is 6.08 Å². The normalized spacial score (nSPS) is 29.1. The Hall–Kier alpha value is -4.89. The molecule has 9 nitrogen and oxygen atoms in total. The van der Waals surface area contributed by atoms with Crippen molar-refractivity contribution in [1.29, 1.82) is 0 Å². The second-order valence-electron chi connectivity index (χ2n) is 12.2. The summed E-state index contributed by atoms with van der Waals surface area (Å²) in [7, 11) is 0. The lowest BCUT2D eigenvalue weighted by Crippen LogP contribution is -2.58. The monoisotopic (exact) mass is 605 g/mol. The molecule has 2 heterocycles. The van der Waals surface area contributed by atoms with Crippen LogP contribution in [0.25, 0.3) is 5.57 Å². The molecule has 45 heavy (non-hydrogen) atoms. The predicted octanol–water partition coefficient (Wildman–Crippen LogP) is 4.07. The van der Waals surface area contributed by atoms with Gasteiger partial charge in [0.25, 0.3) is 0 Å². The Morgan fingerprint density at radius 2 is 1.62 bits per heavy atom. The van der Waals surface area contributed by atoms with Gasteiger partial charge < -0.3 is 14.6 Å². The highest BCUT2D eigenvalue weighted by Crippen LogP contribution is 2.63. The van der Waals surface area contributed by atoms with E-state index < -0.39 is 52.8 Å². The topological polar surface area (TPSA) is 142 Å². The highest BCUT2D eigenvalue weighted by molar-refractivity contribution is 6.31. The van der Waals surface area contributed by atoms with Crippen LogP contribution < -0.4 is 0 Å². The molecule has 2 fully saturated rings. The van der Waals surface area contributed by atoms with Gasteiger partial charge in [-0.3, -0.25) is 28.9 Å². The molecule has 7 rings (SSSR count). The molecule has 228 valence electrons. The Kier molecular flexibility index (Phi) is 7.00. The van der Waals surface area contributed by atoms with Crippen LogP contribution in [0, 0.1) is 23.7 Å². The van der Waals surface area contributed by atoms with Crippen molar-refractivity contribution in [2.75, 3.05) is 6.54 Å². The maximum atomic E-state index is 14.8. The van der Waals surface area contributed by atoms with Gasteiger partial charge in [0.2, 0.25) is 11.8 Å². The van der Waals surface area contributed by atoms with Crippen LogP contribution in [0.5, 0.6) is 0 Å². The molecule has 3 aromatic rings. The number of allylic oxidation sites excluding steroid dienone is 4. The minimum absolute atomic E-state index is 0.145. The van der Waals surface area contributed by atoms with E-state index in [4.69, 9.17) is 4.42 Å². The number of likely N-dealkylation sites (tertiary alicyclic amines) is 1. The van der Waals surface area contributed by atoms with Crippen LogP contribution in [-0.4, -0.2) is 51.0 Å². The Morgan fingerprint density at radius 1 is 0.911 bits per heavy atom. The van der Waals surface area contributed by atoms with Crippen LogP contribution in [0.1, 0.15) is 47.8 Å². The zero-order valence-corrected chi connectivity index (χ0v) is 24.3. The van der Waals surface area contributed by atoms with Gasteiger partial charge in [0.1, 0.15) is 18.1 Å². The summed E-state index contributed by atoms with van der Waals surface area (Å²) in [5.41, 5.74) is 0.883. The number of aliphatic hydroxyl groups excluding tert-OH is 1. The summed E-state index contributed by atoms with van der Waals surface area (Å²) in [4.78, 5) is 69.3. The third-order valence-electron chi connectivity index (χ3n) is 10.1. The quantitative estimate of drug-likeness (QED) is 0.303. The number of fused-ring (bicyclic) bond motifs is 4. The van der Waals surface area contributed by atoms with Gasteiger partial charge in [-0.2, -0.15) is 0 Å². The van der Waals surface area contributed by atoms with E-state index in [0.29, 0.717) is 28.2 Å². The molecule has 0 spiro atoms. The average molecular weight is 606 g/mol. The van der Waals surface area contributed by atoms with Crippen molar-refractivity contribution >= 4 is 34.9 Å². The van der Waals surface area contributed by atoms with Crippen LogP contribution >= 0.6 is 0 Å². The van der Waals surface area contributed by atoms with Crippen molar-refractivity contribution in [3.63, 3.8) is 0 Å². The lowest BCUT2D eigenvalue weighted by Gasteiger charge is -2.54. The number of carbonyl (C=O) groups is 5. The van der Waals surface area contributed by atoms with E-state index in [1.54, 1.807) is 36.4 Å². The summed E-state index contributed by atoms with van der Waals surface area (Å²) >= 11 is 0.